The van der Waals surface area contributed by atoms with E-state index in [4.69, 9.17) is 5.73 Å². The smallest absolute Gasteiger partial charge is 0.0558 e. The normalized spacial score (nSPS) is 20.6. The fraction of sp³-hybridized carbons (Fsp3) is 0.333. The highest BCUT2D eigenvalue weighted by molar-refractivity contribution is 5.59. The van der Waals surface area contributed by atoms with Crippen molar-refractivity contribution in [1.82, 2.24) is 0 Å². The van der Waals surface area contributed by atoms with Gasteiger partial charge in [0.05, 0.1) is 5.54 Å². The third kappa shape index (κ3) is 2.32. The Labute approximate surface area is 121 Å². The molecule has 1 aliphatic heterocycles. The van der Waals surface area contributed by atoms with Crippen molar-refractivity contribution in [1.29, 1.82) is 0 Å². The van der Waals surface area contributed by atoms with Gasteiger partial charge >= 0.3 is 0 Å². The van der Waals surface area contributed by atoms with Crippen molar-refractivity contribution in [3.05, 3.63) is 65.7 Å². The third-order valence-electron chi connectivity index (χ3n) is 4.28. The molecule has 1 aliphatic rings. The van der Waals surface area contributed by atoms with Crippen molar-refractivity contribution in [2.75, 3.05) is 11.4 Å². The summed E-state index contributed by atoms with van der Waals surface area (Å²) in [6.45, 7) is 5.24. The highest BCUT2D eigenvalue weighted by atomic mass is 15.2. The molecule has 20 heavy (non-hydrogen) atoms. The molecule has 2 heteroatoms. The van der Waals surface area contributed by atoms with Crippen LogP contribution in [-0.4, -0.2) is 12.6 Å². The molecule has 2 aromatic rings. The van der Waals surface area contributed by atoms with Crippen LogP contribution in [0.4, 0.5) is 5.69 Å². The fourth-order valence-corrected chi connectivity index (χ4v) is 3.13. The molecule has 0 bridgehead atoms. The number of fused-ring (bicyclic) bond motifs is 1. The van der Waals surface area contributed by atoms with Crippen molar-refractivity contribution in [2.24, 2.45) is 5.73 Å². The summed E-state index contributed by atoms with van der Waals surface area (Å²) in [5, 5.41) is 0. The first-order chi connectivity index (χ1) is 9.58. The lowest BCUT2D eigenvalue weighted by atomic mass is 9.92. The van der Waals surface area contributed by atoms with Gasteiger partial charge in [-0.2, -0.15) is 0 Å². The lowest BCUT2D eigenvalue weighted by Gasteiger charge is -2.35. The van der Waals surface area contributed by atoms with Gasteiger partial charge in [-0.1, -0.05) is 48.5 Å². The van der Waals surface area contributed by atoms with Crippen molar-refractivity contribution >= 4 is 5.69 Å². The van der Waals surface area contributed by atoms with Crippen molar-refractivity contribution in [3.8, 4) is 0 Å². The van der Waals surface area contributed by atoms with Gasteiger partial charge < -0.3 is 10.6 Å². The highest BCUT2D eigenvalue weighted by Crippen LogP contribution is 2.34. The van der Waals surface area contributed by atoms with Crippen LogP contribution in [-0.2, 0) is 12.0 Å². The molecule has 3 rings (SSSR count). The molecule has 104 valence electrons. The Morgan fingerprint density at radius 1 is 1.10 bits per heavy atom. The van der Waals surface area contributed by atoms with Crippen LogP contribution in [0.1, 0.15) is 25.0 Å². The van der Waals surface area contributed by atoms with E-state index in [9.17, 15) is 0 Å². The van der Waals surface area contributed by atoms with Crippen molar-refractivity contribution in [3.63, 3.8) is 0 Å². The van der Waals surface area contributed by atoms with Gasteiger partial charge in [0.25, 0.3) is 0 Å². The van der Waals surface area contributed by atoms with E-state index in [-0.39, 0.29) is 5.54 Å². The summed E-state index contributed by atoms with van der Waals surface area (Å²) >= 11 is 0. The van der Waals surface area contributed by atoms with Gasteiger partial charge in [-0.15, -0.1) is 0 Å². The molecule has 2 unspecified atom stereocenters. The van der Waals surface area contributed by atoms with Crippen molar-refractivity contribution in [2.45, 2.75) is 31.8 Å². The number of hydrogen-bond donors (Lipinski definition) is 1. The molecule has 2 nitrogen and oxygen atoms in total. The predicted molar refractivity (Wildman–Crippen MR) is 84.9 cm³/mol. The Kier molecular flexibility index (Phi) is 3.27. The first-order valence-corrected chi connectivity index (χ1v) is 7.27. The lowest BCUT2D eigenvalue weighted by Crippen LogP contribution is -2.47. The van der Waals surface area contributed by atoms with Crippen LogP contribution in [0, 0.1) is 0 Å². The maximum absolute atomic E-state index is 6.60. The highest BCUT2D eigenvalue weighted by Gasteiger charge is 2.31. The molecular weight excluding hydrogens is 244 g/mol. The Hall–Kier alpha value is -1.80. The largest absolute Gasteiger partial charge is 0.366 e. The van der Waals surface area contributed by atoms with Crippen LogP contribution in [0.15, 0.2) is 54.6 Å². The van der Waals surface area contributed by atoms with E-state index in [2.05, 4.69) is 67.3 Å². The Bertz CT molecular complexity index is 589. The standard InChI is InChI=1S/C18H22N2/c1-14-12-15-8-6-7-11-17(15)20(14)13-18(2,19)16-9-4-3-5-10-16/h3-11,14H,12-13,19H2,1-2H3. The number of nitrogens with zero attached hydrogens (tertiary/aromatic N) is 1. The Balaban J connectivity index is 1.88. The predicted octanol–water partition coefficient (Wildman–Crippen LogP) is 3.31. The molecule has 2 atom stereocenters. The third-order valence-corrected chi connectivity index (χ3v) is 4.28. The van der Waals surface area contributed by atoms with Crippen LogP contribution in [0.5, 0.6) is 0 Å². The van der Waals surface area contributed by atoms with E-state index < -0.39 is 0 Å². The van der Waals surface area contributed by atoms with Gasteiger partial charge in [-0.05, 0) is 37.5 Å². The van der Waals surface area contributed by atoms with Gasteiger partial charge in [-0.3, -0.25) is 0 Å². The van der Waals surface area contributed by atoms with Gasteiger partial charge in [-0.25, -0.2) is 0 Å². The SMILES string of the molecule is CC1Cc2ccccc2N1CC(C)(N)c1ccccc1. The number of anilines is 1. The molecule has 0 saturated heterocycles. The van der Waals surface area contributed by atoms with Crippen LogP contribution in [0.25, 0.3) is 0 Å². The van der Waals surface area contributed by atoms with E-state index in [1.807, 2.05) is 6.07 Å². The second-order valence-electron chi connectivity index (χ2n) is 6.09. The average Bonchev–Trinajstić information content (AvgIpc) is 2.76. The van der Waals surface area contributed by atoms with E-state index in [1.165, 1.54) is 16.8 Å². The first-order valence-electron chi connectivity index (χ1n) is 7.27. The Morgan fingerprint density at radius 3 is 2.50 bits per heavy atom. The molecule has 0 aromatic heterocycles. The van der Waals surface area contributed by atoms with E-state index in [0.29, 0.717) is 6.04 Å². The van der Waals surface area contributed by atoms with E-state index in [0.717, 1.165) is 13.0 Å². The molecule has 0 fully saturated rings. The van der Waals surface area contributed by atoms with E-state index in [1.54, 1.807) is 0 Å². The van der Waals surface area contributed by atoms with Crippen LogP contribution >= 0.6 is 0 Å². The van der Waals surface area contributed by atoms with Crippen LogP contribution in [0.3, 0.4) is 0 Å². The summed E-state index contributed by atoms with van der Waals surface area (Å²) in [6, 6.07) is 19.6. The molecule has 0 amide bonds. The second-order valence-corrected chi connectivity index (χ2v) is 6.09. The number of rotatable bonds is 3. The molecule has 0 aliphatic carbocycles. The van der Waals surface area contributed by atoms with Gasteiger partial charge in [0.1, 0.15) is 0 Å². The minimum absolute atomic E-state index is 0.340. The summed E-state index contributed by atoms with van der Waals surface area (Å²) in [4.78, 5) is 2.45. The summed E-state index contributed by atoms with van der Waals surface area (Å²) in [5.74, 6) is 0. The maximum Gasteiger partial charge on any atom is 0.0558 e. The molecular formula is C18H22N2. The summed E-state index contributed by atoms with van der Waals surface area (Å²) < 4.78 is 0. The zero-order valence-corrected chi connectivity index (χ0v) is 12.2. The molecule has 0 radical (unpaired) electrons. The van der Waals surface area contributed by atoms with Crippen LogP contribution < -0.4 is 10.6 Å². The first kappa shape index (κ1) is 13.2. The zero-order chi connectivity index (χ0) is 14.2. The second kappa shape index (κ2) is 4.95. The molecule has 0 spiro atoms. The number of para-hydroxylation sites is 1. The summed E-state index contributed by atoms with van der Waals surface area (Å²) in [5.41, 5.74) is 10.2. The summed E-state index contributed by atoms with van der Waals surface area (Å²) in [6.07, 6.45) is 1.11. The van der Waals surface area contributed by atoms with Crippen LogP contribution in [0.2, 0.25) is 0 Å². The fourth-order valence-electron chi connectivity index (χ4n) is 3.13. The minimum Gasteiger partial charge on any atom is -0.366 e. The minimum atomic E-state index is -0.340. The summed E-state index contributed by atoms with van der Waals surface area (Å²) in [7, 11) is 0. The molecule has 0 saturated carbocycles. The topological polar surface area (TPSA) is 29.3 Å². The number of hydrogen-bond acceptors (Lipinski definition) is 2. The molecule has 1 heterocycles. The van der Waals surface area contributed by atoms with Gasteiger partial charge in [0, 0.05) is 18.3 Å². The number of benzene rings is 2. The monoisotopic (exact) mass is 266 g/mol. The molecule has 2 N–H and O–H groups in total. The molecule has 2 aromatic carbocycles. The van der Waals surface area contributed by atoms with Gasteiger partial charge in [0.15, 0.2) is 0 Å². The number of nitrogens with two attached hydrogens (primary N) is 1. The van der Waals surface area contributed by atoms with Crippen molar-refractivity contribution < 1.29 is 0 Å². The quantitative estimate of drug-likeness (QED) is 0.923. The maximum atomic E-state index is 6.60. The van der Waals surface area contributed by atoms with Gasteiger partial charge in [0.2, 0.25) is 0 Å². The zero-order valence-electron chi connectivity index (χ0n) is 12.2. The average molecular weight is 266 g/mol. The lowest BCUT2D eigenvalue weighted by molar-refractivity contribution is 0.467. The van der Waals surface area contributed by atoms with E-state index >= 15 is 0 Å². The Morgan fingerprint density at radius 2 is 1.75 bits per heavy atom.